The Kier molecular flexibility index (Phi) is 8.07. The maximum atomic E-state index is 7.57. The fraction of sp³-hybridized carbons (Fsp3) is 0.917. The van der Waals surface area contributed by atoms with Crippen molar-refractivity contribution in [1.29, 1.82) is 5.41 Å². The van der Waals surface area contributed by atoms with E-state index in [0.717, 1.165) is 12.1 Å². The molecule has 78 valence electrons. The van der Waals surface area contributed by atoms with Gasteiger partial charge in [-0.2, -0.15) is 0 Å². The van der Waals surface area contributed by atoms with E-state index in [2.05, 4.69) is 13.8 Å². The van der Waals surface area contributed by atoms with E-state index in [-0.39, 0.29) is 0 Å². The third-order valence-corrected chi connectivity index (χ3v) is 2.76. The van der Waals surface area contributed by atoms with Gasteiger partial charge >= 0.3 is 0 Å². The minimum absolute atomic E-state index is 0.557. The van der Waals surface area contributed by atoms with Gasteiger partial charge in [-0.3, -0.25) is 0 Å². The van der Waals surface area contributed by atoms with Gasteiger partial charge < -0.3 is 5.41 Å². The van der Waals surface area contributed by atoms with Crippen LogP contribution in [0.3, 0.4) is 0 Å². The normalized spacial score (nSPS) is 12.8. The van der Waals surface area contributed by atoms with Crippen molar-refractivity contribution in [3.63, 3.8) is 0 Å². The van der Waals surface area contributed by atoms with E-state index in [4.69, 9.17) is 5.41 Å². The Morgan fingerprint density at radius 3 is 2.15 bits per heavy atom. The summed E-state index contributed by atoms with van der Waals surface area (Å²) in [6, 6.07) is 0. The van der Waals surface area contributed by atoms with Gasteiger partial charge in [0.05, 0.1) is 0 Å². The molecule has 0 saturated carbocycles. The van der Waals surface area contributed by atoms with Crippen LogP contribution in [-0.4, -0.2) is 5.71 Å². The fourth-order valence-corrected chi connectivity index (χ4v) is 1.72. The Balaban J connectivity index is 3.33. The molecule has 13 heavy (non-hydrogen) atoms. The first-order valence-corrected chi connectivity index (χ1v) is 5.77. The average Bonchev–Trinajstić information content (AvgIpc) is 2.10. The minimum Gasteiger partial charge on any atom is -0.310 e. The molecule has 0 rings (SSSR count). The van der Waals surface area contributed by atoms with Crippen LogP contribution in [0.25, 0.3) is 0 Å². The molecule has 0 fully saturated rings. The summed E-state index contributed by atoms with van der Waals surface area (Å²) in [5, 5.41) is 7.57. The van der Waals surface area contributed by atoms with E-state index in [1.54, 1.807) is 0 Å². The molecule has 0 aromatic heterocycles. The van der Waals surface area contributed by atoms with Crippen molar-refractivity contribution >= 4 is 5.71 Å². The first-order chi connectivity index (χ1) is 6.22. The Bertz CT molecular complexity index is 129. The maximum Gasteiger partial charge on any atom is 0.00890 e. The van der Waals surface area contributed by atoms with Crippen LogP contribution < -0.4 is 0 Å². The monoisotopic (exact) mass is 183 g/mol. The van der Waals surface area contributed by atoms with E-state index in [0.29, 0.717) is 5.92 Å². The highest BCUT2D eigenvalue weighted by Crippen LogP contribution is 2.15. The Hall–Kier alpha value is -0.330. The zero-order valence-corrected chi connectivity index (χ0v) is 9.53. The van der Waals surface area contributed by atoms with Crippen molar-refractivity contribution in [2.75, 3.05) is 0 Å². The molecule has 0 aromatic rings. The second-order valence-electron chi connectivity index (χ2n) is 3.99. The highest BCUT2D eigenvalue weighted by atomic mass is 14.4. The lowest BCUT2D eigenvalue weighted by molar-refractivity contribution is 0.530. The van der Waals surface area contributed by atoms with E-state index >= 15 is 0 Å². The molecule has 1 unspecified atom stereocenters. The lowest BCUT2D eigenvalue weighted by Gasteiger charge is -2.12. The zero-order valence-electron chi connectivity index (χ0n) is 9.53. The van der Waals surface area contributed by atoms with Gasteiger partial charge in [0.25, 0.3) is 0 Å². The number of nitrogens with one attached hydrogen (secondary N) is 1. The van der Waals surface area contributed by atoms with E-state index in [1.807, 2.05) is 6.92 Å². The molecule has 0 aliphatic carbocycles. The highest BCUT2D eigenvalue weighted by molar-refractivity contribution is 5.81. The SMILES string of the molecule is CCCCCCCC(CC)C(C)=N. The van der Waals surface area contributed by atoms with Crippen molar-refractivity contribution in [3.8, 4) is 0 Å². The van der Waals surface area contributed by atoms with Crippen LogP contribution in [-0.2, 0) is 0 Å². The third kappa shape index (κ3) is 6.80. The Morgan fingerprint density at radius 2 is 1.69 bits per heavy atom. The van der Waals surface area contributed by atoms with Crippen molar-refractivity contribution in [1.82, 2.24) is 0 Å². The molecule has 0 aliphatic heterocycles. The largest absolute Gasteiger partial charge is 0.310 e. The molecule has 1 nitrogen and oxygen atoms in total. The number of rotatable bonds is 8. The zero-order chi connectivity index (χ0) is 10.1. The van der Waals surface area contributed by atoms with Gasteiger partial charge in [0.1, 0.15) is 0 Å². The van der Waals surface area contributed by atoms with Crippen LogP contribution in [0.1, 0.15) is 65.7 Å². The van der Waals surface area contributed by atoms with Gasteiger partial charge in [0.15, 0.2) is 0 Å². The van der Waals surface area contributed by atoms with Crippen LogP contribution in [0, 0.1) is 11.3 Å². The highest BCUT2D eigenvalue weighted by Gasteiger charge is 2.07. The van der Waals surface area contributed by atoms with E-state index in [1.165, 1.54) is 38.5 Å². The fourth-order valence-electron chi connectivity index (χ4n) is 1.72. The summed E-state index contributed by atoms with van der Waals surface area (Å²) in [7, 11) is 0. The summed E-state index contributed by atoms with van der Waals surface area (Å²) in [6.07, 6.45) is 9.12. The molecule has 1 atom stereocenters. The minimum atomic E-state index is 0.557. The molecule has 0 saturated heterocycles. The second-order valence-corrected chi connectivity index (χ2v) is 3.99. The van der Waals surface area contributed by atoms with Crippen molar-refractivity contribution in [2.24, 2.45) is 5.92 Å². The quantitative estimate of drug-likeness (QED) is 0.425. The van der Waals surface area contributed by atoms with Crippen LogP contribution >= 0.6 is 0 Å². The first kappa shape index (κ1) is 12.7. The topological polar surface area (TPSA) is 23.9 Å². The number of unbranched alkanes of at least 4 members (excludes halogenated alkanes) is 4. The second kappa shape index (κ2) is 8.28. The van der Waals surface area contributed by atoms with Crippen LogP contribution in [0.2, 0.25) is 0 Å². The van der Waals surface area contributed by atoms with E-state index in [9.17, 15) is 0 Å². The summed E-state index contributed by atoms with van der Waals surface area (Å²) >= 11 is 0. The summed E-state index contributed by atoms with van der Waals surface area (Å²) in [5.41, 5.74) is 0.873. The van der Waals surface area contributed by atoms with Crippen LogP contribution in [0.4, 0.5) is 0 Å². The molecule has 0 aromatic carbocycles. The molecule has 0 heterocycles. The van der Waals surface area contributed by atoms with Gasteiger partial charge in [-0.15, -0.1) is 0 Å². The number of hydrogen-bond donors (Lipinski definition) is 1. The Labute approximate surface area is 83.4 Å². The summed E-state index contributed by atoms with van der Waals surface area (Å²) in [6.45, 7) is 6.38. The van der Waals surface area contributed by atoms with Gasteiger partial charge in [0.2, 0.25) is 0 Å². The average molecular weight is 183 g/mol. The first-order valence-electron chi connectivity index (χ1n) is 5.77. The standard InChI is InChI=1S/C12H25N/c1-4-6-7-8-9-10-12(5-2)11(3)13/h12-13H,4-10H2,1-3H3. The van der Waals surface area contributed by atoms with Crippen LogP contribution in [0.5, 0.6) is 0 Å². The van der Waals surface area contributed by atoms with Gasteiger partial charge in [0, 0.05) is 5.71 Å². The van der Waals surface area contributed by atoms with Crippen molar-refractivity contribution in [2.45, 2.75) is 65.7 Å². The molecular weight excluding hydrogens is 158 g/mol. The lowest BCUT2D eigenvalue weighted by atomic mass is 9.94. The molecule has 0 radical (unpaired) electrons. The maximum absolute atomic E-state index is 7.57. The molecule has 0 aliphatic rings. The van der Waals surface area contributed by atoms with Crippen molar-refractivity contribution in [3.05, 3.63) is 0 Å². The molecule has 1 N–H and O–H groups in total. The summed E-state index contributed by atoms with van der Waals surface area (Å²) in [4.78, 5) is 0. The predicted molar refractivity (Wildman–Crippen MR) is 60.6 cm³/mol. The summed E-state index contributed by atoms with van der Waals surface area (Å²) < 4.78 is 0. The smallest absolute Gasteiger partial charge is 0.00890 e. The van der Waals surface area contributed by atoms with Gasteiger partial charge in [-0.05, 0) is 25.7 Å². The molecule has 0 spiro atoms. The number of hydrogen-bond acceptors (Lipinski definition) is 1. The molecule has 0 amide bonds. The third-order valence-electron chi connectivity index (χ3n) is 2.76. The van der Waals surface area contributed by atoms with E-state index < -0.39 is 0 Å². The Morgan fingerprint density at radius 1 is 1.08 bits per heavy atom. The molecule has 1 heteroatoms. The van der Waals surface area contributed by atoms with Gasteiger partial charge in [-0.1, -0.05) is 46.0 Å². The lowest BCUT2D eigenvalue weighted by Crippen LogP contribution is -2.08. The molecular formula is C12H25N. The predicted octanol–water partition coefficient (Wildman–Crippen LogP) is 4.41. The van der Waals surface area contributed by atoms with Gasteiger partial charge in [-0.25, -0.2) is 0 Å². The van der Waals surface area contributed by atoms with Crippen molar-refractivity contribution < 1.29 is 0 Å². The molecule has 0 bridgehead atoms. The van der Waals surface area contributed by atoms with Crippen LogP contribution in [0.15, 0.2) is 0 Å². The summed E-state index contributed by atoms with van der Waals surface area (Å²) in [5.74, 6) is 0.557.